The van der Waals surface area contributed by atoms with Crippen LogP contribution in [-0.2, 0) is 6.61 Å². The van der Waals surface area contributed by atoms with Gasteiger partial charge in [-0.15, -0.1) is 0 Å². The van der Waals surface area contributed by atoms with Crippen molar-refractivity contribution in [2.75, 3.05) is 6.61 Å². The lowest BCUT2D eigenvalue weighted by Crippen LogP contribution is -2.16. The zero-order chi connectivity index (χ0) is 25.6. The molecular weight excluding hydrogens is 466 g/mol. The van der Waals surface area contributed by atoms with E-state index in [0.29, 0.717) is 34.8 Å². The molecule has 0 bridgehead atoms. The SMILES string of the molecule is CCOc1cc(/C=N/NC(=O)c2cc3c(ccc4ccccc43)o2)ccc1OCc1ccccc1C#N. The van der Waals surface area contributed by atoms with Gasteiger partial charge in [-0.05, 0) is 59.7 Å². The lowest BCUT2D eigenvalue weighted by molar-refractivity contribution is 0.0929. The predicted octanol–water partition coefficient (Wildman–Crippen LogP) is 6.20. The Kier molecular flexibility index (Phi) is 6.82. The topological polar surface area (TPSA) is 96.8 Å². The fourth-order valence-electron chi connectivity index (χ4n) is 4.03. The molecule has 0 aliphatic carbocycles. The molecule has 1 N–H and O–H groups in total. The molecule has 5 aromatic rings. The fraction of sp³-hybridized carbons (Fsp3) is 0.100. The first-order valence-electron chi connectivity index (χ1n) is 11.8. The number of carbonyl (C=O) groups excluding carboxylic acids is 1. The van der Waals surface area contributed by atoms with E-state index in [2.05, 4.69) is 16.6 Å². The third-order valence-electron chi connectivity index (χ3n) is 5.82. The maximum absolute atomic E-state index is 12.7. The van der Waals surface area contributed by atoms with Crippen molar-refractivity contribution in [3.05, 3.63) is 107 Å². The Labute approximate surface area is 213 Å². The van der Waals surface area contributed by atoms with Crippen molar-refractivity contribution in [3.63, 3.8) is 0 Å². The number of hydrogen-bond acceptors (Lipinski definition) is 6. The number of benzene rings is 4. The number of amides is 1. The minimum Gasteiger partial charge on any atom is -0.490 e. The van der Waals surface area contributed by atoms with Gasteiger partial charge in [0.1, 0.15) is 12.2 Å². The number of hydrazone groups is 1. The van der Waals surface area contributed by atoms with Gasteiger partial charge in [0.25, 0.3) is 0 Å². The molecule has 37 heavy (non-hydrogen) atoms. The second-order valence-electron chi connectivity index (χ2n) is 8.21. The third kappa shape index (κ3) is 5.14. The van der Waals surface area contributed by atoms with Gasteiger partial charge in [-0.25, -0.2) is 5.43 Å². The van der Waals surface area contributed by atoms with Crippen LogP contribution in [0.4, 0.5) is 0 Å². The summed E-state index contributed by atoms with van der Waals surface area (Å²) in [6.45, 7) is 2.57. The number of ether oxygens (including phenoxy) is 2. The van der Waals surface area contributed by atoms with Crippen LogP contribution in [0.15, 0.2) is 94.4 Å². The summed E-state index contributed by atoms with van der Waals surface area (Å²) in [5.41, 5.74) is 5.23. The molecule has 0 radical (unpaired) electrons. The molecule has 0 atom stereocenters. The van der Waals surface area contributed by atoms with E-state index in [0.717, 1.165) is 21.7 Å². The summed E-state index contributed by atoms with van der Waals surface area (Å²) < 4.78 is 17.4. The van der Waals surface area contributed by atoms with Gasteiger partial charge in [0.2, 0.25) is 0 Å². The van der Waals surface area contributed by atoms with Crippen LogP contribution in [0.3, 0.4) is 0 Å². The van der Waals surface area contributed by atoms with Crippen LogP contribution in [0.1, 0.15) is 34.2 Å². The molecule has 0 fully saturated rings. The van der Waals surface area contributed by atoms with Crippen LogP contribution in [0.25, 0.3) is 21.7 Å². The molecule has 0 saturated heterocycles. The van der Waals surface area contributed by atoms with Crippen LogP contribution in [0, 0.1) is 11.3 Å². The summed E-state index contributed by atoms with van der Waals surface area (Å²) in [6, 6.07) is 28.3. The quantitative estimate of drug-likeness (QED) is 0.207. The van der Waals surface area contributed by atoms with Gasteiger partial charge in [-0.1, -0.05) is 48.5 Å². The molecule has 1 heterocycles. The van der Waals surface area contributed by atoms with Gasteiger partial charge in [-0.3, -0.25) is 4.79 Å². The first-order chi connectivity index (χ1) is 18.2. The van der Waals surface area contributed by atoms with E-state index in [-0.39, 0.29) is 12.4 Å². The highest BCUT2D eigenvalue weighted by Crippen LogP contribution is 2.30. The Morgan fingerprint density at radius 2 is 1.81 bits per heavy atom. The molecule has 7 nitrogen and oxygen atoms in total. The summed E-state index contributed by atoms with van der Waals surface area (Å²) in [5.74, 6) is 0.819. The zero-order valence-electron chi connectivity index (χ0n) is 20.1. The second kappa shape index (κ2) is 10.7. The van der Waals surface area contributed by atoms with E-state index >= 15 is 0 Å². The number of nitrogens with one attached hydrogen (secondary N) is 1. The Bertz CT molecular complexity index is 1660. The Morgan fingerprint density at radius 1 is 0.973 bits per heavy atom. The summed E-state index contributed by atoms with van der Waals surface area (Å²) >= 11 is 0. The number of nitriles is 1. The lowest BCUT2D eigenvalue weighted by Gasteiger charge is -2.13. The van der Waals surface area contributed by atoms with E-state index in [1.165, 1.54) is 6.21 Å². The average molecular weight is 490 g/mol. The number of fused-ring (bicyclic) bond motifs is 3. The van der Waals surface area contributed by atoms with Gasteiger partial charge in [-0.2, -0.15) is 10.4 Å². The van der Waals surface area contributed by atoms with E-state index in [1.54, 1.807) is 30.3 Å². The van der Waals surface area contributed by atoms with Crippen molar-refractivity contribution in [1.82, 2.24) is 5.43 Å². The zero-order valence-corrected chi connectivity index (χ0v) is 20.1. The predicted molar refractivity (Wildman–Crippen MR) is 142 cm³/mol. The molecule has 1 amide bonds. The van der Waals surface area contributed by atoms with Crippen LogP contribution in [0.2, 0.25) is 0 Å². The summed E-state index contributed by atoms with van der Waals surface area (Å²) in [6.07, 6.45) is 1.52. The molecule has 7 heteroatoms. The van der Waals surface area contributed by atoms with E-state index in [4.69, 9.17) is 13.9 Å². The average Bonchev–Trinajstić information content (AvgIpc) is 3.38. The van der Waals surface area contributed by atoms with Crippen LogP contribution in [-0.4, -0.2) is 18.7 Å². The third-order valence-corrected chi connectivity index (χ3v) is 5.82. The van der Waals surface area contributed by atoms with Crippen molar-refractivity contribution in [2.45, 2.75) is 13.5 Å². The van der Waals surface area contributed by atoms with Crippen LogP contribution < -0.4 is 14.9 Å². The summed E-state index contributed by atoms with van der Waals surface area (Å²) in [4.78, 5) is 12.7. The molecular formula is C30H23N3O4. The van der Waals surface area contributed by atoms with Crippen LogP contribution in [0.5, 0.6) is 11.5 Å². The first kappa shape index (κ1) is 23.6. The molecule has 1 aromatic heterocycles. The molecule has 4 aromatic carbocycles. The fourth-order valence-corrected chi connectivity index (χ4v) is 4.03. The number of nitrogens with zero attached hydrogens (tertiary/aromatic N) is 2. The largest absolute Gasteiger partial charge is 0.490 e. The highest BCUT2D eigenvalue weighted by molar-refractivity contribution is 6.08. The molecule has 0 aliphatic heterocycles. The van der Waals surface area contributed by atoms with Crippen LogP contribution >= 0.6 is 0 Å². The molecule has 182 valence electrons. The normalized spacial score (nSPS) is 11.0. The maximum atomic E-state index is 12.7. The van der Waals surface area contributed by atoms with Gasteiger partial charge >= 0.3 is 5.91 Å². The lowest BCUT2D eigenvalue weighted by atomic mass is 10.1. The van der Waals surface area contributed by atoms with E-state index < -0.39 is 5.91 Å². The maximum Gasteiger partial charge on any atom is 0.307 e. The molecule has 0 saturated carbocycles. The summed E-state index contributed by atoms with van der Waals surface area (Å²) in [5, 5.41) is 16.3. The number of rotatable bonds is 8. The van der Waals surface area contributed by atoms with Crippen molar-refractivity contribution in [1.29, 1.82) is 5.26 Å². The highest BCUT2D eigenvalue weighted by Gasteiger charge is 2.14. The summed E-state index contributed by atoms with van der Waals surface area (Å²) in [7, 11) is 0. The Balaban J connectivity index is 1.28. The number of hydrogen-bond donors (Lipinski definition) is 1. The first-order valence-corrected chi connectivity index (χ1v) is 11.8. The second-order valence-corrected chi connectivity index (χ2v) is 8.21. The highest BCUT2D eigenvalue weighted by atomic mass is 16.5. The number of carbonyl (C=O) groups is 1. The molecule has 0 unspecified atom stereocenters. The molecule has 5 rings (SSSR count). The number of furan rings is 1. The minimum atomic E-state index is -0.447. The smallest absolute Gasteiger partial charge is 0.307 e. The molecule has 0 aliphatic rings. The minimum absolute atomic E-state index is 0.180. The monoisotopic (exact) mass is 489 g/mol. The Morgan fingerprint density at radius 3 is 2.68 bits per heavy atom. The van der Waals surface area contributed by atoms with Crippen molar-refractivity contribution in [3.8, 4) is 17.6 Å². The van der Waals surface area contributed by atoms with E-state index in [1.807, 2.05) is 61.5 Å². The van der Waals surface area contributed by atoms with E-state index in [9.17, 15) is 10.1 Å². The van der Waals surface area contributed by atoms with Crippen molar-refractivity contribution < 1.29 is 18.7 Å². The van der Waals surface area contributed by atoms with Gasteiger partial charge in [0.05, 0.1) is 24.5 Å². The standard InChI is InChI=1S/C30H23N3O4/c1-2-35-28-15-20(11-13-27(28)36-19-23-9-4-3-8-22(23)17-31)18-32-33-30(34)29-16-25-24-10-6-5-7-21(24)12-14-26(25)37-29/h3-16,18H,2,19H2,1H3,(H,33,34)/b32-18+. The van der Waals surface area contributed by atoms with Gasteiger partial charge < -0.3 is 13.9 Å². The van der Waals surface area contributed by atoms with Crippen molar-refractivity contribution in [2.24, 2.45) is 5.10 Å². The van der Waals surface area contributed by atoms with Crippen molar-refractivity contribution >= 4 is 33.9 Å². The van der Waals surface area contributed by atoms with Gasteiger partial charge in [0, 0.05) is 10.9 Å². The van der Waals surface area contributed by atoms with Gasteiger partial charge in [0.15, 0.2) is 17.3 Å². The Hall–Kier alpha value is -5.09. The molecule has 0 spiro atoms.